The Balaban J connectivity index is 1.50. The summed E-state index contributed by atoms with van der Waals surface area (Å²) in [5.74, 6) is 3.21. The van der Waals surface area contributed by atoms with E-state index in [1.807, 2.05) is 17.0 Å². The maximum atomic E-state index is 12.3. The van der Waals surface area contributed by atoms with Gasteiger partial charge in [0.2, 0.25) is 11.8 Å². The lowest BCUT2D eigenvalue weighted by Crippen LogP contribution is -2.42. The van der Waals surface area contributed by atoms with E-state index in [4.69, 9.17) is 4.42 Å². The van der Waals surface area contributed by atoms with Gasteiger partial charge in [0, 0.05) is 45.1 Å². The molecule has 1 saturated carbocycles. The van der Waals surface area contributed by atoms with E-state index >= 15 is 0 Å². The molecule has 130 valence electrons. The predicted octanol–water partition coefficient (Wildman–Crippen LogP) is 2.74. The molecule has 2 amide bonds. The summed E-state index contributed by atoms with van der Waals surface area (Å²) in [7, 11) is 3.56. The van der Waals surface area contributed by atoms with E-state index in [1.165, 1.54) is 6.42 Å². The Morgan fingerprint density at radius 1 is 1.25 bits per heavy atom. The van der Waals surface area contributed by atoms with Crippen LogP contribution in [0.25, 0.3) is 6.08 Å². The van der Waals surface area contributed by atoms with E-state index in [9.17, 15) is 9.59 Å². The topological polar surface area (TPSA) is 53.8 Å². The van der Waals surface area contributed by atoms with Crippen LogP contribution in [0, 0.1) is 11.8 Å². The van der Waals surface area contributed by atoms with Crippen molar-refractivity contribution in [3.8, 4) is 0 Å². The quantitative estimate of drug-likeness (QED) is 0.798. The molecule has 2 heterocycles. The molecule has 0 aromatic carbocycles. The lowest BCUT2D eigenvalue weighted by Gasteiger charge is -2.31. The molecular weight excluding hydrogens is 304 g/mol. The second-order valence-corrected chi connectivity index (χ2v) is 7.23. The monoisotopic (exact) mass is 330 g/mol. The molecule has 0 spiro atoms. The van der Waals surface area contributed by atoms with E-state index in [-0.39, 0.29) is 17.7 Å². The van der Waals surface area contributed by atoms with Crippen molar-refractivity contribution in [3.63, 3.8) is 0 Å². The molecule has 1 aromatic heterocycles. The second-order valence-electron chi connectivity index (χ2n) is 7.23. The third-order valence-electron chi connectivity index (χ3n) is 5.11. The van der Waals surface area contributed by atoms with Gasteiger partial charge in [-0.2, -0.15) is 0 Å². The highest BCUT2D eigenvalue weighted by Crippen LogP contribution is 2.47. The van der Waals surface area contributed by atoms with Crippen molar-refractivity contribution in [3.05, 3.63) is 29.7 Å². The molecule has 0 N–H and O–H groups in total. The van der Waals surface area contributed by atoms with Crippen LogP contribution in [-0.2, 0) is 9.59 Å². The van der Waals surface area contributed by atoms with Crippen molar-refractivity contribution >= 4 is 17.9 Å². The lowest BCUT2D eigenvalue weighted by atomic mass is 9.95. The molecule has 5 heteroatoms. The first-order valence-corrected chi connectivity index (χ1v) is 8.73. The van der Waals surface area contributed by atoms with Crippen LogP contribution in [0.3, 0.4) is 0 Å². The fourth-order valence-corrected chi connectivity index (χ4v) is 3.35. The number of nitrogens with zero attached hydrogens (tertiary/aromatic N) is 2. The third kappa shape index (κ3) is 3.71. The zero-order valence-corrected chi connectivity index (χ0v) is 14.7. The highest BCUT2D eigenvalue weighted by molar-refractivity contribution is 5.91. The van der Waals surface area contributed by atoms with Gasteiger partial charge in [0.1, 0.15) is 11.5 Å². The Morgan fingerprint density at radius 2 is 1.92 bits per heavy atom. The maximum Gasteiger partial charge on any atom is 0.246 e. The summed E-state index contributed by atoms with van der Waals surface area (Å²) in [4.78, 5) is 27.7. The van der Waals surface area contributed by atoms with Crippen LogP contribution in [0.2, 0.25) is 0 Å². The molecule has 1 aliphatic carbocycles. The normalized spacial score (nSPS) is 24.4. The van der Waals surface area contributed by atoms with Crippen LogP contribution in [-0.4, -0.2) is 48.8 Å². The molecule has 1 saturated heterocycles. The summed E-state index contributed by atoms with van der Waals surface area (Å²) in [6, 6.07) is 3.93. The number of piperidine rings is 1. The van der Waals surface area contributed by atoms with E-state index in [2.05, 4.69) is 6.92 Å². The molecule has 2 fully saturated rings. The third-order valence-corrected chi connectivity index (χ3v) is 5.11. The molecular formula is C19H26N2O3. The SMILES string of the molecule is CC1CC1c1ccc(/C=C/C(=O)N2CCC(C(=O)N(C)C)CC2)o1. The average molecular weight is 330 g/mol. The van der Waals surface area contributed by atoms with Crippen LogP contribution < -0.4 is 0 Å². The van der Waals surface area contributed by atoms with Gasteiger partial charge >= 0.3 is 0 Å². The predicted molar refractivity (Wildman–Crippen MR) is 92.3 cm³/mol. The number of likely N-dealkylation sites (tertiary alicyclic amines) is 1. The van der Waals surface area contributed by atoms with Crippen LogP contribution in [0.5, 0.6) is 0 Å². The molecule has 2 atom stereocenters. The molecule has 1 aliphatic heterocycles. The van der Waals surface area contributed by atoms with Crippen molar-refractivity contribution in [2.24, 2.45) is 11.8 Å². The molecule has 24 heavy (non-hydrogen) atoms. The summed E-state index contributed by atoms with van der Waals surface area (Å²) < 4.78 is 5.78. The summed E-state index contributed by atoms with van der Waals surface area (Å²) in [6.45, 7) is 3.49. The van der Waals surface area contributed by atoms with Gasteiger partial charge in [0.05, 0.1) is 0 Å². The van der Waals surface area contributed by atoms with Crippen LogP contribution >= 0.6 is 0 Å². The number of rotatable bonds is 4. The van der Waals surface area contributed by atoms with Gasteiger partial charge < -0.3 is 14.2 Å². The number of furan rings is 1. The first kappa shape index (κ1) is 16.8. The summed E-state index contributed by atoms with van der Waals surface area (Å²) in [6.07, 6.45) is 5.99. The molecule has 1 aromatic rings. The van der Waals surface area contributed by atoms with Crippen molar-refractivity contribution in [1.29, 1.82) is 0 Å². The molecule has 2 aliphatic rings. The first-order valence-electron chi connectivity index (χ1n) is 8.73. The van der Waals surface area contributed by atoms with E-state index < -0.39 is 0 Å². The van der Waals surface area contributed by atoms with E-state index in [0.29, 0.717) is 24.9 Å². The Labute approximate surface area is 143 Å². The zero-order chi connectivity index (χ0) is 17.3. The highest BCUT2D eigenvalue weighted by atomic mass is 16.3. The van der Waals surface area contributed by atoms with Gasteiger partial charge in [-0.05, 0) is 43.4 Å². The van der Waals surface area contributed by atoms with Crippen LogP contribution in [0.1, 0.15) is 43.6 Å². The maximum absolute atomic E-state index is 12.3. The summed E-state index contributed by atoms with van der Waals surface area (Å²) in [5.41, 5.74) is 0. The van der Waals surface area contributed by atoms with Gasteiger partial charge in [-0.25, -0.2) is 0 Å². The molecule has 3 rings (SSSR count). The fourth-order valence-electron chi connectivity index (χ4n) is 3.35. The van der Waals surface area contributed by atoms with Gasteiger partial charge in [-0.3, -0.25) is 9.59 Å². The Kier molecular flexibility index (Phi) is 4.78. The number of hydrogen-bond acceptors (Lipinski definition) is 3. The number of carbonyl (C=O) groups excluding carboxylic acids is 2. The smallest absolute Gasteiger partial charge is 0.246 e. The summed E-state index contributed by atoms with van der Waals surface area (Å²) >= 11 is 0. The first-order chi connectivity index (χ1) is 11.5. The second kappa shape index (κ2) is 6.83. The summed E-state index contributed by atoms with van der Waals surface area (Å²) in [5, 5.41) is 0. The largest absolute Gasteiger partial charge is 0.461 e. The van der Waals surface area contributed by atoms with Gasteiger partial charge in [0.25, 0.3) is 0 Å². The zero-order valence-electron chi connectivity index (χ0n) is 14.7. The average Bonchev–Trinajstić information content (AvgIpc) is 3.12. The van der Waals surface area contributed by atoms with E-state index in [1.54, 1.807) is 31.1 Å². The standard InChI is InChI=1S/C19H26N2O3/c1-13-12-16(13)17-6-4-15(24-17)5-7-18(22)21-10-8-14(9-11-21)19(23)20(2)3/h4-7,13-14,16H,8-12H2,1-3H3/b7-5+. The molecule has 0 radical (unpaired) electrons. The van der Waals surface area contributed by atoms with Gasteiger partial charge in [-0.15, -0.1) is 0 Å². The van der Waals surface area contributed by atoms with Crippen molar-refractivity contribution in [2.75, 3.05) is 27.2 Å². The minimum absolute atomic E-state index is 0.0107. The van der Waals surface area contributed by atoms with Gasteiger partial charge in [-0.1, -0.05) is 6.92 Å². The van der Waals surface area contributed by atoms with Gasteiger partial charge in [0.15, 0.2) is 0 Å². The Hall–Kier alpha value is -2.04. The van der Waals surface area contributed by atoms with E-state index in [0.717, 1.165) is 24.4 Å². The van der Waals surface area contributed by atoms with Crippen LogP contribution in [0.15, 0.2) is 22.6 Å². The number of carbonyl (C=O) groups is 2. The molecule has 0 bridgehead atoms. The minimum atomic E-state index is -0.0107. The fraction of sp³-hybridized carbons (Fsp3) is 0.579. The highest BCUT2D eigenvalue weighted by Gasteiger charge is 2.36. The Bertz CT molecular complexity index is 639. The lowest BCUT2D eigenvalue weighted by molar-refractivity contribution is -0.137. The van der Waals surface area contributed by atoms with Crippen molar-refractivity contribution < 1.29 is 14.0 Å². The number of hydrogen-bond donors (Lipinski definition) is 0. The van der Waals surface area contributed by atoms with Crippen LogP contribution in [0.4, 0.5) is 0 Å². The Morgan fingerprint density at radius 3 is 2.50 bits per heavy atom. The van der Waals surface area contributed by atoms with Crippen molar-refractivity contribution in [2.45, 2.75) is 32.1 Å². The van der Waals surface area contributed by atoms with Crippen molar-refractivity contribution in [1.82, 2.24) is 9.80 Å². The minimum Gasteiger partial charge on any atom is -0.461 e. The molecule has 2 unspecified atom stereocenters. The molecule has 5 nitrogen and oxygen atoms in total. The number of amides is 2.